The Balaban J connectivity index is 2.95. The van der Waals surface area contributed by atoms with E-state index in [4.69, 9.17) is 21.1 Å². The number of halogens is 1. The predicted molar refractivity (Wildman–Crippen MR) is 49.2 cm³/mol. The molecule has 1 N–H and O–H groups in total. The van der Waals surface area contributed by atoms with Crippen molar-refractivity contribution in [3.8, 4) is 5.75 Å². The molecule has 66 valence electrons. The van der Waals surface area contributed by atoms with Crippen LogP contribution in [-0.2, 0) is 0 Å². The molecule has 0 atom stereocenters. The third-order valence-corrected chi connectivity index (χ3v) is 1.98. The van der Waals surface area contributed by atoms with E-state index in [0.717, 1.165) is 6.26 Å². The molecule has 0 saturated heterocycles. The summed E-state index contributed by atoms with van der Waals surface area (Å²) in [7, 11) is 0. The van der Waals surface area contributed by atoms with E-state index >= 15 is 0 Å². The first-order valence-electron chi connectivity index (χ1n) is 3.58. The van der Waals surface area contributed by atoms with Gasteiger partial charge >= 0.3 is 0 Å². The van der Waals surface area contributed by atoms with E-state index in [1.54, 1.807) is 0 Å². The van der Waals surface area contributed by atoms with Crippen LogP contribution in [0.3, 0.4) is 0 Å². The highest BCUT2D eigenvalue weighted by molar-refractivity contribution is 6.30. The fraction of sp³-hybridized carbons (Fsp3) is 0. The fourth-order valence-corrected chi connectivity index (χ4v) is 1.24. The van der Waals surface area contributed by atoms with Crippen molar-refractivity contribution in [3.05, 3.63) is 39.7 Å². The zero-order chi connectivity index (χ0) is 9.42. The normalized spacial score (nSPS) is 10.5. The number of fused-ring (bicyclic) bond motifs is 1. The SMILES string of the molecule is O=c1c(Cl)coc2cc(O)ccc12. The van der Waals surface area contributed by atoms with E-state index in [1.165, 1.54) is 18.2 Å². The van der Waals surface area contributed by atoms with Gasteiger partial charge in [0.05, 0.1) is 5.39 Å². The molecular weight excluding hydrogens is 192 g/mol. The minimum absolute atomic E-state index is 0.0400. The van der Waals surface area contributed by atoms with Crippen molar-refractivity contribution < 1.29 is 9.52 Å². The monoisotopic (exact) mass is 196 g/mol. The Morgan fingerprint density at radius 2 is 2.15 bits per heavy atom. The molecule has 0 fully saturated rings. The number of hydrogen-bond acceptors (Lipinski definition) is 3. The first kappa shape index (κ1) is 8.13. The van der Waals surface area contributed by atoms with Crippen LogP contribution in [0.5, 0.6) is 5.75 Å². The van der Waals surface area contributed by atoms with Crippen LogP contribution < -0.4 is 5.43 Å². The molecule has 0 saturated carbocycles. The summed E-state index contributed by atoms with van der Waals surface area (Å²) in [6, 6.07) is 4.25. The second-order valence-electron chi connectivity index (χ2n) is 2.59. The van der Waals surface area contributed by atoms with E-state index in [1.807, 2.05) is 0 Å². The van der Waals surface area contributed by atoms with Crippen LogP contribution in [0, 0.1) is 0 Å². The summed E-state index contributed by atoms with van der Waals surface area (Å²) in [4.78, 5) is 11.4. The molecule has 1 aromatic heterocycles. The van der Waals surface area contributed by atoms with E-state index in [0.29, 0.717) is 11.0 Å². The maximum atomic E-state index is 11.4. The molecule has 2 rings (SSSR count). The fourth-order valence-electron chi connectivity index (χ4n) is 1.09. The highest BCUT2D eigenvalue weighted by atomic mass is 35.5. The van der Waals surface area contributed by atoms with Crippen molar-refractivity contribution >= 4 is 22.6 Å². The predicted octanol–water partition coefficient (Wildman–Crippen LogP) is 2.15. The molecule has 1 heterocycles. The molecule has 2 aromatic rings. The van der Waals surface area contributed by atoms with Gasteiger partial charge in [0.1, 0.15) is 22.6 Å². The summed E-state index contributed by atoms with van der Waals surface area (Å²) >= 11 is 5.56. The zero-order valence-corrected chi connectivity index (χ0v) is 7.21. The molecule has 0 spiro atoms. The second kappa shape index (κ2) is 2.78. The molecular formula is C9H5ClO3. The van der Waals surface area contributed by atoms with Gasteiger partial charge in [0.2, 0.25) is 5.43 Å². The lowest BCUT2D eigenvalue weighted by Crippen LogP contribution is -2.00. The highest BCUT2D eigenvalue weighted by Gasteiger charge is 2.04. The summed E-state index contributed by atoms with van der Waals surface area (Å²) < 4.78 is 5.01. The van der Waals surface area contributed by atoms with Gasteiger partial charge in [-0.1, -0.05) is 11.6 Å². The number of phenolic OH excluding ortho intramolecular Hbond substituents is 1. The minimum atomic E-state index is -0.289. The van der Waals surface area contributed by atoms with E-state index in [-0.39, 0.29) is 16.2 Å². The van der Waals surface area contributed by atoms with Crippen molar-refractivity contribution in [3.63, 3.8) is 0 Å². The smallest absolute Gasteiger partial charge is 0.211 e. The van der Waals surface area contributed by atoms with Crippen molar-refractivity contribution in [2.75, 3.05) is 0 Å². The third-order valence-electron chi connectivity index (χ3n) is 1.72. The van der Waals surface area contributed by atoms with E-state index < -0.39 is 0 Å². The van der Waals surface area contributed by atoms with Crippen LogP contribution in [0.1, 0.15) is 0 Å². The summed E-state index contributed by atoms with van der Waals surface area (Å²) in [5.41, 5.74) is 0.0392. The van der Waals surface area contributed by atoms with Crippen LogP contribution >= 0.6 is 11.6 Å². The Hall–Kier alpha value is -1.48. The van der Waals surface area contributed by atoms with Crippen LogP contribution in [0.25, 0.3) is 11.0 Å². The van der Waals surface area contributed by atoms with Gasteiger partial charge in [0.25, 0.3) is 0 Å². The standard InChI is InChI=1S/C9H5ClO3/c10-7-4-13-8-3-5(11)1-2-6(8)9(7)12/h1-4,11H. The molecule has 0 radical (unpaired) electrons. The Bertz CT molecular complexity index is 516. The van der Waals surface area contributed by atoms with Crippen molar-refractivity contribution in [1.29, 1.82) is 0 Å². The lowest BCUT2D eigenvalue weighted by molar-refractivity contribution is 0.474. The van der Waals surface area contributed by atoms with Gasteiger partial charge in [0.15, 0.2) is 0 Å². The first-order chi connectivity index (χ1) is 6.18. The maximum Gasteiger partial charge on any atom is 0.211 e. The summed E-state index contributed by atoms with van der Waals surface area (Å²) in [6.45, 7) is 0. The summed E-state index contributed by atoms with van der Waals surface area (Å²) in [5.74, 6) is 0.0537. The topological polar surface area (TPSA) is 50.4 Å². The molecule has 0 unspecified atom stereocenters. The Morgan fingerprint density at radius 3 is 2.92 bits per heavy atom. The largest absolute Gasteiger partial charge is 0.508 e. The minimum Gasteiger partial charge on any atom is -0.508 e. The molecule has 0 aliphatic rings. The average molecular weight is 197 g/mol. The maximum absolute atomic E-state index is 11.4. The molecule has 0 aliphatic carbocycles. The van der Waals surface area contributed by atoms with Gasteiger partial charge in [-0.25, -0.2) is 0 Å². The number of aromatic hydroxyl groups is 1. The summed E-state index contributed by atoms with van der Waals surface area (Å²) in [6.07, 6.45) is 1.16. The quantitative estimate of drug-likeness (QED) is 0.703. The lowest BCUT2D eigenvalue weighted by atomic mass is 10.2. The van der Waals surface area contributed by atoms with Gasteiger partial charge in [-0.05, 0) is 12.1 Å². The third kappa shape index (κ3) is 1.27. The van der Waals surface area contributed by atoms with Crippen LogP contribution in [0.15, 0.2) is 33.7 Å². The zero-order valence-electron chi connectivity index (χ0n) is 6.45. The van der Waals surface area contributed by atoms with Crippen molar-refractivity contribution in [1.82, 2.24) is 0 Å². The first-order valence-corrected chi connectivity index (χ1v) is 3.96. The molecule has 0 bridgehead atoms. The molecule has 3 nitrogen and oxygen atoms in total. The van der Waals surface area contributed by atoms with Crippen molar-refractivity contribution in [2.24, 2.45) is 0 Å². The van der Waals surface area contributed by atoms with E-state index in [9.17, 15) is 4.79 Å². The van der Waals surface area contributed by atoms with Gasteiger partial charge < -0.3 is 9.52 Å². The number of benzene rings is 1. The van der Waals surface area contributed by atoms with Gasteiger partial charge in [-0.3, -0.25) is 4.79 Å². The summed E-state index contributed by atoms with van der Waals surface area (Å²) in [5, 5.41) is 9.50. The van der Waals surface area contributed by atoms with Crippen LogP contribution in [0.4, 0.5) is 0 Å². The van der Waals surface area contributed by atoms with Gasteiger partial charge in [0, 0.05) is 6.07 Å². The molecule has 0 aliphatic heterocycles. The Morgan fingerprint density at radius 1 is 1.38 bits per heavy atom. The van der Waals surface area contributed by atoms with Gasteiger partial charge in [-0.15, -0.1) is 0 Å². The Labute approximate surface area is 78.2 Å². The molecule has 1 aromatic carbocycles. The number of hydrogen-bond donors (Lipinski definition) is 1. The molecule has 0 amide bonds. The average Bonchev–Trinajstić information content (AvgIpc) is 2.12. The van der Waals surface area contributed by atoms with Crippen LogP contribution in [0.2, 0.25) is 5.02 Å². The second-order valence-corrected chi connectivity index (χ2v) is 3.00. The lowest BCUT2D eigenvalue weighted by Gasteiger charge is -1.96. The van der Waals surface area contributed by atoms with Crippen LogP contribution in [-0.4, -0.2) is 5.11 Å². The van der Waals surface area contributed by atoms with E-state index in [2.05, 4.69) is 0 Å². The highest BCUT2D eigenvalue weighted by Crippen LogP contribution is 2.18. The number of rotatable bonds is 0. The Kier molecular flexibility index (Phi) is 1.74. The molecule has 13 heavy (non-hydrogen) atoms. The van der Waals surface area contributed by atoms with Gasteiger partial charge in [-0.2, -0.15) is 0 Å². The van der Waals surface area contributed by atoms with Crippen molar-refractivity contribution in [2.45, 2.75) is 0 Å². The molecule has 4 heteroatoms. The number of phenols is 1.